The lowest BCUT2D eigenvalue weighted by molar-refractivity contribution is -0.135. The molecule has 1 aliphatic heterocycles. The van der Waals surface area contributed by atoms with Gasteiger partial charge < -0.3 is 14.7 Å². The standard InChI is InChI=1S/C28H35N5O3/c1-19(29-25(34)22-11-13-23(14-12-22)28(3,4)5)27(35)33-17-15-32(16-18-33)20(2)26-30-24(31-36-26)21-9-7-6-8-10-21/h6-14,19-20H,15-18H2,1-5H3,(H,29,34). The third-order valence-corrected chi connectivity index (χ3v) is 6.74. The highest BCUT2D eigenvalue weighted by molar-refractivity contribution is 5.97. The summed E-state index contributed by atoms with van der Waals surface area (Å²) in [4.78, 5) is 34.3. The van der Waals surface area contributed by atoms with Gasteiger partial charge in [0.1, 0.15) is 6.04 Å². The summed E-state index contributed by atoms with van der Waals surface area (Å²) in [5.41, 5.74) is 2.64. The Morgan fingerprint density at radius 2 is 1.58 bits per heavy atom. The molecule has 2 heterocycles. The molecule has 8 nitrogen and oxygen atoms in total. The molecule has 1 N–H and O–H groups in total. The molecule has 1 fully saturated rings. The Bertz CT molecular complexity index is 1180. The number of piperazine rings is 1. The molecule has 2 atom stereocenters. The zero-order chi connectivity index (χ0) is 25.9. The van der Waals surface area contributed by atoms with Crippen LogP contribution in [0.2, 0.25) is 0 Å². The van der Waals surface area contributed by atoms with E-state index < -0.39 is 6.04 Å². The first-order valence-corrected chi connectivity index (χ1v) is 12.5. The highest BCUT2D eigenvalue weighted by Crippen LogP contribution is 2.24. The molecule has 0 bridgehead atoms. The van der Waals surface area contributed by atoms with E-state index in [1.54, 1.807) is 11.8 Å². The van der Waals surface area contributed by atoms with E-state index in [-0.39, 0.29) is 23.3 Å². The quantitative estimate of drug-likeness (QED) is 0.562. The van der Waals surface area contributed by atoms with Gasteiger partial charge in [0.15, 0.2) is 0 Å². The zero-order valence-corrected chi connectivity index (χ0v) is 21.7. The third kappa shape index (κ3) is 5.82. The van der Waals surface area contributed by atoms with Crippen LogP contribution in [0.3, 0.4) is 0 Å². The summed E-state index contributed by atoms with van der Waals surface area (Å²) in [7, 11) is 0. The second-order valence-electron chi connectivity index (χ2n) is 10.4. The number of hydrogen-bond acceptors (Lipinski definition) is 6. The van der Waals surface area contributed by atoms with Crippen LogP contribution in [0.4, 0.5) is 0 Å². The second-order valence-corrected chi connectivity index (χ2v) is 10.4. The van der Waals surface area contributed by atoms with Gasteiger partial charge in [-0.3, -0.25) is 14.5 Å². The van der Waals surface area contributed by atoms with Crippen molar-refractivity contribution in [2.24, 2.45) is 0 Å². The molecule has 36 heavy (non-hydrogen) atoms. The Labute approximate surface area is 212 Å². The average molecular weight is 490 g/mol. The lowest BCUT2D eigenvalue weighted by atomic mass is 9.86. The van der Waals surface area contributed by atoms with Crippen molar-refractivity contribution in [2.75, 3.05) is 26.2 Å². The van der Waals surface area contributed by atoms with Gasteiger partial charge in [0.25, 0.3) is 5.91 Å². The van der Waals surface area contributed by atoms with Crippen LogP contribution in [-0.4, -0.2) is 64.0 Å². The maximum absolute atomic E-state index is 13.0. The summed E-state index contributed by atoms with van der Waals surface area (Å²) in [5.74, 6) is 0.816. The molecule has 2 unspecified atom stereocenters. The van der Waals surface area contributed by atoms with Crippen LogP contribution >= 0.6 is 0 Å². The Balaban J connectivity index is 1.29. The molecule has 1 aliphatic rings. The van der Waals surface area contributed by atoms with Crippen LogP contribution < -0.4 is 5.32 Å². The van der Waals surface area contributed by atoms with E-state index in [1.807, 2.05) is 61.5 Å². The predicted molar refractivity (Wildman–Crippen MR) is 138 cm³/mol. The number of carbonyl (C=O) groups is 2. The van der Waals surface area contributed by atoms with Crippen molar-refractivity contribution in [3.05, 3.63) is 71.6 Å². The summed E-state index contributed by atoms with van der Waals surface area (Å²) in [6.07, 6.45) is 0. The van der Waals surface area contributed by atoms with Crippen LogP contribution in [0.25, 0.3) is 11.4 Å². The highest BCUT2D eigenvalue weighted by atomic mass is 16.5. The fraction of sp³-hybridized carbons (Fsp3) is 0.429. The molecule has 8 heteroatoms. The Morgan fingerprint density at radius 1 is 0.944 bits per heavy atom. The van der Waals surface area contributed by atoms with Crippen molar-refractivity contribution in [3.8, 4) is 11.4 Å². The molecule has 0 spiro atoms. The fourth-order valence-corrected chi connectivity index (χ4v) is 4.33. The monoisotopic (exact) mass is 489 g/mol. The highest BCUT2D eigenvalue weighted by Gasteiger charge is 2.30. The second kappa shape index (κ2) is 10.6. The van der Waals surface area contributed by atoms with Crippen molar-refractivity contribution in [1.82, 2.24) is 25.3 Å². The summed E-state index contributed by atoms with van der Waals surface area (Å²) in [6.45, 7) is 12.7. The molecule has 2 amide bonds. The van der Waals surface area contributed by atoms with Gasteiger partial charge in [0.05, 0.1) is 6.04 Å². The van der Waals surface area contributed by atoms with Crippen LogP contribution in [0.5, 0.6) is 0 Å². The summed E-state index contributed by atoms with van der Waals surface area (Å²) < 4.78 is 5.53. The number of rotatable bonds is 6. The van der Waals surface area contributed by atoms with E-state index >= 15 is 0 Å². The molecular formula is C28H35N5O3. The summed E-state index contributed by atoms with van der Waals surface area (Å²) in [6, 6.07) is 16.6. The van der Waals surface area contributed by atoms with Crippen molar-refractivity contribution >= 4 is 11.8 Å². The van der Waals surface area contributed by atoms with E-state index in [9.17, 15) is 9.59 Å². The summed E-state index contributed by atoms with van der Waals surface area (Å²) >= 11 is 0. The van der Waals surface area contributed by atoms with Crippen molar-refractivity contribution in [3.63, 3.8) is 0 Å². The van der Waals surface area contributed by atoms with Crippen molar-refractivity contribution in [1.29, 1.82) is 0 Å². The van der Waals surface area contributed by atoms with Gasteiger partial charge in [0.2, 0.25) is 17.6 Å². The van der Waals surface area contributed by atoms with E-state index in [0.29, 0.717) is 43.5 Å². The van der Waals surface area contributed by atoms with Crippen molar-refractivity contribution < 1.29 is 14.1 Å². The topological polar surface area (TPSA) is 91.6 Å². The SMILES string of the molecule is CC(NC(=O)c1ccc(C(C)(C)C)cc1)C(=O)N1CCN(C(C)c2nc(-c3ccccc3)no2)CC1. The van der Waals surface area contributed by atoms with E-state index in [4.69, 9.17) is 4.52 Å². The van der Waals surface area contributed by atoms with Gasteiger partial charge in [-0.25, -0.2) is 0 Å². The van der Waals surface area contributed by atoms with Crippen LogP contribution in [0, 0.1) is 0 Å². The van der Waals surface area contributed by atoms with Crippen LogP contribution in [-0.2, 0) is 10.2 Å². The lowest BCUT2D eigenvalue weighted by Gasteiger charge is -2.37. The largest absolute Gasteiger partial charge is 0.341 e. The van der Waals surface area contributed by atoms with Crippen LogP contribution in [0.15, 0.2) is 59.1 Å². The van der Waals surface area contributed by atoms with Gasteiger partial charge in [-0.2, -0.15) is 4.98 Å². The van der Waals surface area contributed by atoms with E-state index in [0.717, 1.165) is 11.1 Å². The molecule has 0 radical (unpaired) electrons. The molecule has 0 aliphatic carbocycles. The number of benzene rings is 2. The third-order valence-electron chi connectivity index (χ3n) is 6.74. The minimum Gasteiger partial charge on any atom is -0.341 e. The van der Waals surface area contributed by atoms with Crippen LogP contribution in [0.1, 0.15) is 62.5 Å². The van der Waals surface area contributed by atoms with E-state index in [1.165, 1.54) is 0 Å². The fourth-order valence-electron chi connectivity index (χ4n) is 4.33. The Kier molecular flexibility index (Phi) is 7.54. The number of aromatic nitrogens is 2. The normalized spacial score (nSPS) is 16.4. The number of carbonyl (C=O) groups excluding carboxylic acids is 2. The molecule has 0 saturated carbocycles. The zero-order valence-electron chi connectivity index (χ0n) is 21.7. The molecule has 1 aromatic heterocycles. The first-order valence-electron chi connectivity index (χ1n) is 12.5. The first kappa shape index (κ1) is 25.6. The number of hydrogen-bond donors (Lipinski definition) is 1. The molecule has 1 saturated heterocycles. The Hall–Kier alpha value is -3.52. The molecule has 190 valence electrons. The van der Waals surface area contributed by atoms with Gasteiger partial charge in [0, 0.05) is 37.3 Å². The molecule has 2 aromatic carbocycles. The van der Waals surface area contributed by atoms with Gasteiger partial charge in [-0.05, 0) is 37.0 Å². The molecular weight excluding hydrogens is 454 g/mol. The number of amides is 2. The maximum Gasteiger partial charge on any atom is 0.251 e. The first-order chi connectivity index (χ1) is 17.1. The smallest absolute Gasteiger partial charge is 0.251 e. The van der Waals surface area contributed by atoms with Gasteiger partial charge >= 0.3 is 0 Å². The number of nitrogens with one attached hydrogen (secondary N) is 1. The van der Waals surface area contributed by atoms with E-state index in [2.05, 4.69) is 41.1 Å². The lowest BCUT2D eigenvalue weighted by Crippen LogP contribution is -2.54. The predicted octanol–water partition coefficient (Wildman–Crippen LogP) is 4.06. The Morgan fingerprint density at radius 3 is 2.19 bits per heavy atom. The minimum absolute atomic E-state index is 0.0194. The van der Waals surface area contributed by atoms with Gasteiger partial charge in [-0.15, -0.1) is 0 Å². The molecule has 4 rings (SSSR count). The summed E-state index contributed by atoms with van der Waals surface area (Å²) in [5, 5.41) is 6.97. The molecule has 3 aromatic rings. The average Bonchev–Trinajstić information content (AvgIpc) is 3.38. The van der Waals surface area contributed by atoms with Gasteiger partial charge in [-0.1, -0.05) is 68.4 Å². The van der Waals surface area contributed by atoms with Crippen molar-refractivity contribution in [2.45, 2.75) is 52.1 Å². The number of nitrogens with zero attached hydrogens (tertiary/aromatic N) is 4. The minimum atomic E-state index is -0.604. The maximum atomic E-state index is 13.0.